The quantitative estimate of drug-likeness (QED) is 0.673. The number of amides is 2. The lowest BCUT2D eigenvalue weighted by atomic mass is 9.95. The fraction of sp³-hybridized carbons (Fsp3) is 0.846. The summed E-state index contributed by atoms with van der Waals surface area (Å²) in [5.41, 5.74) is 0. The van der Waals surface area contributed by atoms with Crippen LogP contribution in [0, 0.1) is 11.8 Å². The van der Waals surface area contributed by atoms with Crippen molar-refractivity contribution < 1.29 is 14.7 Å². The average molecular weight is 256 g/mol. The molecule has 0 aromatic carbocycles. The lowest BCUT2D eigenvalue weighted by Crippen LogP contribution is -2.47. The first-order valence-corrected chi connectivity index (χ1v) is 6.78. The Morgan fingerprint density at radius 2 is 1.89 bits per heavy atom. The maximum Gasteiger partial charge on any atom is 0.315 e. The summed E-state index contributed by atoms with van der Waals surface area (Å²) in [5.74, 6) is -0.858. The van der Waals surface area contributed by atoms with E-state index in [9.17, 15) is 14.7 Å². The molecule has 0 aromatic heterocycles. The molecule has 0 saturated heterocycles. The standard InChI is InChI=1S/C13H24N2O3/c1-9(2)8-14-13(18)15-11-7-5-3-4-6-10(11)12(16)17/h9-11H,3-8H2,1-2H3,(H,16,17)(H2,14,15,18). The van der Waals surface area contributed by atoms with Crippen molar-refractivity contribution in [1.82, 2.24) is 10.6 Å². The zero-order valence-electron chi connectivity index (χ0n) is 11.2. The molecule has 2 unspecified atom stereocenters. The highest BCUT2D eigenvalue weighted by Crippen LogP contribution is 2.23. The van der Waals surface area contributed by atoms with Crippen molar-refractivity contribution in [3.8, 4) is 0 Å². The Morgan fingerprint density at radius 1 is 1.22 bits per heavy atom. The van der Waals surface area contributed by atoms with E-state index < -0.39 is 11.9 Å². The highest BCUT2D eigenvalue weighted by molar-refractivity contribution is 5.76. The van der Waals surface area contributed by atoms with Gasteiger partial charge in [-0.25, -0.2) is 4.79 Å². The van der Waals surface area contributed by atoms with E-state index >= 15 is 0 Å². The number of hydrogen-bond donors (Lipinski definition) is 3. The van der Waals surface area contributed by atoms with Crippen molar-refractivity contribution in [2.24, 2.45) is 11.8 Å². The molecule has 0 bridgehead atoms. The Hall–Kier alpha value is -1.26. The summed E-state index contributed by atoms with van der Waals surface area (Å²) in [6.07, 6.45) is 4.38. The van der Waals surface area contributed by atoms with Gasteiger partial charge < -0.3 is 15.7 Å². The largest absolute Gasteiger partial charge is 0.481 e. The molecule has 1 rings (SSSR count). The number of carboxylic acids is 1. The number of nitrogens with one attached hydrogen (secondary N) is 2. The molecule has 2 amide bonds. The number of carboxylic acid groups (broad SMARTS) is 1. The van der Waals surface area contributed by atoms with Gasteiger partial charge in [-0.2, -0.15) is 0 Å². The Bertz CT molecular complexity index is 292. The van der Waals surface area contributed by atoms with Crippen LogP contribution in [0.3, 0.4) is 0 Å². The van der Waals surface area contributed by atoms with Gasteiger partial charge in [0.05, 0.1) is 5.92 Å². The van der Waals surface area contributed by atoms with Crippen LogP contribution in [0.15, 0.2) is 0 Å². The Morgan fingerprint density at radius 3 is 2.50 bits per heavy atom. The maximum absolute atomic E-state index is 11.7. The fourth-order valence-electron chi connectivity index (χ4n) is 2.29. The van der Waals surface area contributed by atoms with Crippen molar-refractivity contribution in [2.45, 2.75) is 52.0 Å². The number of aliphatic carboxylic acids is 1. The van der Waals surface area contributed by atoms with Crippen LogP contribution in [-0.4, -0.2) is 29.7 Å². The SMILES string of the molecule is CC(C)CNC(=O)NC1CCCCCC1C(=O)O. The predicted molar refractivity (Wildman–Crippen MR) is 69.4 cm³/mol. The molecule has 1 fully saturated rings. The zero-order chi connectivity index (χ0) is 13.5. The molecule has 0 spiro atoms. The van der Waals surface area contributed by atoms with E-state index in [4.69, 9.17) is 0 Å². The van der Waals surface area contributed by atoms with Crippen molar-refractivity contribution in [3.05, 3.63) is 0 Å². The first-order chi connectivity index (χ1) is 8.50. The Labute approximate surface area is 108 Å². The van der Waals surface area contributed by atoms with Crippen LogP contribution in [0.1, 0.15) is 46.0 Å². The van der Waals surface area contributed by atoms with Gasteiger partial charge in [0, 0.05) is 12.6 Å². The van der Waals surface area contributed by atoms with Crippen LogP contribution in [0.2, 0.25) is 0 Å². The topological polar surface area (TPSA) is 78.4 Å². The number of rotatable bonds is 4. The number of hydrogen-bond acceptors (Lipinski definition) is 2. The molecular weight excluding hydrogens is 232 g/mol. The Kier molecular flexibility index (Phi) is 5.95. The van der Waals surface area contributed by atoms with Gasteiger partial charge >= 0.3 is 12.0 Å². The molecule has 3 N–H and O–H groups in total. The molecule has 5 nitrogen and oxygen atoms in total. The summed E-state index contributed by atoms with van der Waals surface area (Å²) < 4.78 is 0. The van der Waals surface area contributed by atoms with E-state index in [2.05, 4.69) is 10.6 Å². The second kappa shape index (κ2) is 7.24. The number of carbonyl (C=O) groups is 2. The molecule has 5 heteroatoms. The number of urea groups is 1. The average Bonchev–Trinajstić information content (AvgIpc) is 2.51. The molecule has 18 heavy (non-hydrogen) atoms. The molecule has 1 aliphatic rings. The second-order valence-electron chi connectivity index (χ2n) is 5.44. The van der Waals surface area contributed by atoms with Gasteiger partial charge in [-0.15, -0.1) is 0 Å². The van der Waals surface area contributed by atoms with Crippen molar-refractivity contribution >= 4 is 12.0 Å². The highest BCUT2D eigenvalue weighted by Gasteiger charge is 2.30. The summed E-state index contributed by atoms with van der Waals surface area (Å²) in [4.78, 5) is 22.9. The van der Waals surface area contributed by atoms with Crippen LogP contribution in [0.5, 0.6) is 0 Å². The van der Waals surface area contributed by atoms with E-state index in [1.807, 2.05) is 13.8 Å². The van der Waals surface area contributed by atoms with E-state index in [1.165, 1.54) is 0 Å². The molecule has 1 saturated carbocycles. The van der Waals surface area contributed by atoms with Crippen LogP contribution in [-0.2, 0) is 4.79 Å². The van der Waals surface area contributed by atoms with Crippen LogP contribution < -0.4 is 10.6 Å². The summed E-state index contributed by atoms with van der Waals surface area (Å²) >= 11 is 0. The molecule has 0 heterocycles. The van der Waals surface area contributed by atoms with Gasteiger partial charge in [-0.05, 0) is 18.8 Å². The molecule has 0 aliphatic heterocycles. The molecule has 0 aromatic rings. The third-order valence-corrected chi connectivity index (χ3v) is 3.32. The van der Waals surface area contributed by atoms with Crippen molar-refractivity contribution in [2.75, 3.05) is 6.54 Å². The van der Waals surface area contributed by atoms with Crippen LogP contribution >= 0.6 is 0 Å². The lowest BCUT2D eigenvalue weighted by Gasteiger charge is -2.23. The third kappa shape index (κ3) is 4.94. The highest BCUT2D eigenvalue weighted by atomic mass is 16.4. The minimum absolute atomic E-state index is 0.239. The van der Waals surface area contributed by atoms with Gasteiger partial charge in [-0.3, -0.25) is 4.79 Å². The molecule has 1 aliphatic carbocycles. The van der Waals surface area contributed by atoms with Crippen molar-refractivity contribution in [1.29, 1.82) is 0 Å². The first-order valence-electron chi connectivity index (χ1n) is 6.78. The minimum atomic E-state index is -0.800. The second-order valence-corrected chi connectivity index (χ2v) is 5.44. The molecule has 2 atom stereocenters. The first kappa shape index (κ1) is 14.8. The minimum Gasteiger partial charge on any atom is -0.481 e. The predicted octanol–water partition coefficient (Wildman–Crippen LogP) is 1.98. The van der Waals surface area contributed by atoms with Gasteiger partial charge in [0.1, 0.15) is 0 Å². The molecule has 0 radical (unpaired) electrons. The van der Waals surface area contributed by atoms with Gasteiger partial charge in [-0.1, -0.05) is 33.1 Å². The maximum atomic E-state index is 11.7. The number of carbonyl (C=O) groups excluding carboxylic acids is 1. The van der Waals surface area contributed by atoms with E-state index in [-0.39, 0.29) is 12.1 Å². The van der Waals surface area contributed by atoms with E-state index in [0.717, 1.165) is 25.7 Å². The van der Waals surface area contributed by atoms with Gasteiger partial charge in [0.15, 0.2) is 0 Å². The van der Waals surface area contributed by atoms with E-state index in [0.29, 0.717) is 18.9 Å². The fourth-order valence-corrected chi connectivity index (χ4v) is 2.29. The smallest absolute Gasteiger partial charge is 0.315 e. The third-order valence-electron chi connectivity index (χ3n) is 3.32. The molecule has 104 valence electrons. The Balaban J connectivity index is 2.49. The van der Waals surface area contributed by atoms with Gasteiger partial charge in [0.2, 0.25) is 0 Å². The zero-order valence-corrected chi connectivity index (χ0v) is 11.2. The normalized spacial score (nSPS) is 24.4. The lowest BCUT2D eigenvalue weighted by molar-refractivity contribution is -0.142. The van der Waals surface area contributed by atoms with Gasteiger partial charge in [0.25, 0.3) is 0 Å². The van der Waals surface area contributed by atoms with Crippen LogP contribution in [0.25, 0.3) is 0 Å². The van der Waals surface area contributed by atoms with Crippen LogP contribution in [0.4, 0.5) is 4.79 Å². The summed E-state index contributed by atoms with van der Waals surface area (Å²) in [6, 6.07) is -0.487. The summed E-state index contributed by atoms with van der Waals surface area (Å²) in [7, 11) is 0. The van der Waals surface area contributed by atoms with Crippen molar-refractivity contribution in [3.63, 3.8) is 0 Å². The summed E-state index contributed by atoms with van der Waals surface area (Å²) in [5, 5.41) is 14.8. The summed E-state index contributed by atoms with van der Waals surface area (Å²) in [6.45, 7) is 4.65. The van der Waals surface area contributed by atoms with E-state index in [1.54, 1.807) is 0 Å². The molecular formula is C13H24N2O3. The monoisotopic (exact) mass is 256 g/mol.